The fourth-order valence-electron chi connectivity index (χ4n) is 2.21. The van der Waals surface area contributed by atoms with E-state index in [1.807, 2.05) is 0 Å². The van der Waals surface area contributed by atoms with E-state index in [0.717, 1.165) is 12.7 Å². The van der Waals surface area contributed by atoms with Crippen molar-refractivity contribution < 1.29 is 28.7 Å². The SMILES string of the molecule is C=C(NC(=O)c1csc(-c2ccc(NC(=O)OC(C)C)cc2)n1)C(=O)NC(=C)C(=O)OC. The number of methoxy groups -OCH3 is 1. The molecule has 1 aromatic carbocycles. The predicted molar refractivity (Wildman–Crippen MR) is 119 cm³/mol. The molecule has 0 aliphatic carbocycles. The summed E-state index contributed by atoms with van der Waals surface area (Å²) in [6, 6.07) is 6.82. The summed E-state index contributed by atoms with van der Waals surface area (Å²) in [6.45, 7) is 10.3. The maximum absolute atomic E-state index is 12.4. The van der Waals surface area contributed by atoms with Gasteiger partial charge in [-0.3, -0.25) is 14.9 Å². The van der Waals surface area contributed by atoms with Gasteiger partial charge in [-0.2, -0.15) is 0 Å². The molecule has 0 spiro atoms. The Morgan fingerprint density at radius 2 is 1.69 bits per heavy atom. The van der Waals surface area contributed by atoms with Crippen molar-refractivity contribution in [3.8, 4) is 10.6 Å². The van der Waals surface area contributed by atoms with Crippen LogP contribution in [0.1, 0.15) is 24.3 Å². The third-order valence-corrected chi connectivity index (χ3v) is 4.58. The molecule has 2 rings (SSSR count). The lowest BCUT2D eigenvalue weighted by molar-refractivity contribution is -0.137. The van der Waals surface area contributed by atoms with Gasteiger partial charge in [0.05, 0.1) is 18.9 Å². The van der Waals surface area contributed by atoms with Gasteiger partial charge in [0.2, 0.25) is 0 Å². The van der Waals surface area contributed by atoms with E-state index in [0.29, 0.717) is 10.7 Å². The number of thiazole rings is 1. The summed E-state index contributed by atoms with van der Waals surface area (Å²) in [5, 5.41) is 9.17. The zero-order valence-electron chi connectivity index (χ0n) is 17.7. The highest BCUT2D eigenvalue weighted by Crippen LogP contribution is 2.25. The van der Waals surface area contributed by atoms with Crippen LogP contribution in [-0.2, 0) is 19.1 Å². The van der Waals surface area contributed by atoms with Crippen molar-refractivity contribution in [1.29, 1.82) is 0 Å². The maximum Gasteiger partial charge on any atom is 0.411 e. The Morgan fingerprint density at radius 3 is 2.28 bits per heavy atom. The van der Waals surface area contributed by atoms with Crippen LogP contribution in [0.5, 0.6) is 0 Å². The first-order valence-corrected chi connectivity index (χ1v) is 10.1. The molecule has 1 heterocycles. The molecule has 0 saturated carbocycles. The number of amides is 3. The molecule has 0 radical (unpaired) electrons. The maximum atomic E-state index is 12.4. The standard InChI is InChI=1S/C21H22N4O6S/c1-11(2)31-21(29)24-15-8-6-14(7-9-15)19-25-16(10-32-19)18(27)22-12(3)17(26)23-13(4)20(28)30-5/h6-11H,3-4H2,1-2,5H3,(H,22,27)(H,23,26)(H,24,29). The van der Waals surface area contributed by atoms with E-state index in [-0.39, 0.29) is 23.2 Å². The minimum atomic E-state index is -0.820. The third-order valence-electron chi connectivity index (χ3n) is 3.69. The molecule has 0 saturated heterocycles. The third kappa shape index (κ3) is 6.77. The van der Waals surface area contributed by atoms with Crippen molar-refractivity contribution in [3.05, 3.63) is 59.9 Å². The zero-order valence-corrected chi connectivity index (χ0v) is 18.5. The van der Waals surface area contributed by atoms with E-state index < -0.39 is 23.9 Å². The van der Waals surface area contributed by atoms with Crippen molar-refractivity contribution in [2.24, 2.45) is 0 Å². The van der Waals surface area contributed by atoms with E-state index in [1.165, 1.54) is 16.7 Å². The lowest BCUT2D eigenvalue weighted by Crippen LogP contribution is -2.35. The number of benzene rings is 1. The van der Waals surface area contributed by atoms with Gasteiger partial charge >= 0.3 is 12.1 Å². The summed E-state index contributed by atoms with van der Waals surface area (Å²) >= 11 is 1.22. The Kier molecular flexibility index (Phi) is 8.24. The molecule has 0 aliphatic rings. The number of hydrogen-bond acceptors (Lipinski definition) is 8. The number of carbonyl (C=O) groups excluding carboxylic acids is 4. The van der Waals surface area contributed by atoms with Crippen molar-refractivity contribution in [2.75, 3.05) is 12.4 Å². The number of hydrogen-bond donors (Lipinski definition) is 3. The molecular weight excluding hydrogens is 436 g/mol. The summed E-state index contributed by atoms with van der Waals surface area (Å²) in [7, 11) is 1.14. The van der Waals surface area contributed by atoms with Gasteiger partial charge < -0.3 is 20.1 Å². The van der Waals surface area contributed by atoms with Gasteiger partial charge in [0.25, 0.3) is 11.8 Å². The number of ether oxygens (including phenoxy) is 2. The average Bonchev–Trinajstić information content (AvgIpc) is 3.23. The molecule has 3 amide bonds. The summed E-state index contributed by atoms with van der Waals surface area (Å²) in [6.07, 6.45) is -0.789. The number of anilines is 1. The van der Waals surface area contributed by atoms with E-state index in [4.69, 9.17) is 4.74 Å². The highest BCUT2D eigenvalue weighted by Gasteiger charge is 2.18. The Labute approximate surface area is 188 Å². The molecule has 11 heteroatoms. The highest BCUT2D eigenvalue weighted by atomic mass is 32.1. The van der Waals surface area contributed by atoms with Crippen molar-refractivity contribution in [1.82, 2.24) is 15.6 Å². The molecule has 10 nitrogen and oxygen atoms in total. The molecule has 0 bridgehead atoms. The van der Waals surface area contributed by atoms with Gasteiger partial charge in [-0.1, -0.05) is 13.2 Å². The molecule has 0 unspecified atom stereocenters. The smallest absolute Gasteiger partial charge is 0.411 e. The molecule has 32 heavy (non-hydrogen) atoms. The lowest BCUT2D eigenvalue weighted by Gasteiger charge is -2.09. The highest BCUT2D eigenvalue weighted by molar-refractivity contribution is 7.13. The van der Waals surface area contributed by atoms with Crippen LogP contribution in [0.4, 0.5) is 10.5 Å². The second kappa shape index (κ2) is 10.9. The minimum absolute atomic E-state index is 0.0773. The van der Waals surface area contributed by atoms with E-state index in [2.05, 4.69) is 38.8 Å². The first-order chi connectivity index (χ1) is 15.1. The van der Waals surface area contributed by atoms with Gasteiger partial charge in [-0.15, -0.1) is 11.3 Å². The number of esters is 1. The van der Waals surface area contributed by atoms with Crippen molar-refractivity contribution in [2.45, 2.75) is 20.0 Å². The molecule has 0 aliphatic heterocycles. The van der Waals surface area contributed by atoms with Crippen LogP contribution >= 0.6 is 11.3 Å². The Bertz CT molecular complexity index is 1060. The predicted octanol–water partition coefficient (Wildman–Crippen LogP) is 2.81. The Hall–Kier alpha value is -3.99. The zero-order chi connectivity index (χ0) is 23.8. The van der Waals surface area contributed by atoms with Crippen LogP contribution in [0, 0.1) is 0 Å². The average molecular weight is 458 g/mol. The number of nitrogens with zero attached hydrogens (tertiary/aromatic N) is 1. The van der Waals surface area contributed by atoms with Crippen LogP contribution in [-0.4, -0.2) is 42.1 Å². The number of aromatic nitrogens is 1. The monoisotopic (exact) mass is 458 g/mol. The van der Waals surface area contributed by atoms with Crippen LogP contribution in [0.3, 0.4) is 0 Å². The number of rotatable bonds is 8. The second-order valence-corrected chi connectivity index (χ2v) is 7.41. The molecule has 0 fully saturated rings. The normalized spacial score (nSPS) is 10.1. The molecule has 0 atom stereocenters. The van der Waals surface area contributed by atoms with Crippen LogP contribution in [0.2, 0.25) is 0 Å². The van der Waals surface area contributed by atoms with Crippen molar-refractivity contribution >= 4 is 40.9 Å². The molecule has 2 aromatic rings. The first-order valence-electron chi connectivity index (χ1n) is 9.23. The minimum Gasteiger partial charge on any atom is -0.464 e. The fourth-order valence-corrected chi connectivity index (χ4v) is 3.02. The molecule has 1 aromatic heterocycles. The van der Waals surface area contributed by atoms with E-state index >= 15 is 0 Å². The fraction of sp³-hybridized carbons (Fsp3) is 0.190. The summed E-state index contributed by atoms with van der Waals surface area (Å²) < 4.78 is 9.44. The van der Waals surface area contributed by atoms with Gasteiger partial charge in [-0.05, 0) is 38.1 Å². The van der Waals surface area contributed by atoms with Gasteiger partial charge in [-0.25, -0.2) is 14.6 Å². The van der Waals surface area contributed by atoms with Crippen LogP contribution in [0.15, 0.2) is 54.2 Å². The van der Waals surface area contributed by atoms with Crippen molar-refractivity contribution in [3.63, 3.8) is 0 Å². The summed E-state index contributed by atoms with van der Waals surface area (Å²) in [4.78, 5) is 51.5. The number of carbonyl (C=O) groups is 4. The Balaban J connectivity index is 1.98. The number of nitrogens with one attached hydrogen (secondary N) is 3. The summed E-state index contributed by atoms with van der Waals surface area (Å²) in [5.74, 6) is -2.28. The first kappa shape index (κ1) is 24.3. The largest absolute Gasteiger partial charge is 0.464 e. The van der Waals surface area contributed by atoms with E-state index in [1.54, 1.807) is 38.1 Å². The molecule has 168 valence electrons. The van der Waals surface area contributed by atoms with Gasteiger partial charge in [0.1, 0.15) is 16.4 Å². The van der Waals surface area contributed by atoms with Gasteiger partial charge in [0, 0.05) is 16.6 Å². The molecular formula is C21H22N4O6S. The van der Waals surface area contributed by atoms with Crippen LogP contribution in [0.25, 0.3) is 10.6 Å². The Morgan fingerprint density at radius 1 is 1.03 bits per heavy atom. The lowest BCUT2D eigenvalue weighted by atomic mass is 10.2. The van der Waals surface area contributed by atoms with E-state index in [9.17, 15) is 19.2 Å². The topological polar surface area (TPSA) is 136 Å². The molecule has 3 N–H and O–H groups in total. The summed E-state index contributed by atoms with van der Waals surface area (Å²) in [5.41, 5.74) is 0.763. The quantitative estimate of drug-likeness (QED) is 0.409. The second-order valence-electron chi connectivity index (χ2n) is 6.55. The van der Waals surface area contributed by atoms with Crippen LogP contribution < -0.4 is 16.0 Å². The van der Waals surface area contributed by atoms with Gasteiger partial charge in [0.15, 0.2) is 0 Å².